The molecule has 0 unspecified atom stereocenters. The second kappa shape index (κ2) is 2.95. The summed E-state index contributed by atoms with van der Waals surface area (Å²) in [6.45, 7) is 4.05. The van der Waals surface area contributed by atoms with Crippen molar-refractivity contribution >= 4 is 22.7 Å². The molecule has 0 fully saturated rings. The van der Waals surface area contributed by atoms with Crippen molar-refractivity contribution < 1.29 is 0 Å². The number of aryl methyl sites for hydroxylation is 2. The maximum atomic E-state index is 4.35. The first-order valence-corrected chi connectivity index (χ1v) is 5.36. The summed E-state index contributed by atoms with van der Waals surface area (Å²) in [5, 5.41) is 3.16. The molecule has 0 amide bonds. The van der Waals surface area contributed by atoms with Gasteiger partial charge in [-0.15, -0.1) is 22.7 Å². The lowest BCUT2D eigenvalue weighted by Crippen LogP contribution is -1.76. The first-order valence-electron chi connectivity index (χ1n) is 3.60. The van der Waals surface area contributed by atoms with Gasteiger partial charge in [-0.2, -0.15) is 0 Å². The number of hydrogen-bond donors (Lipinski definition) is 0. The fourth-order valence-corrected chi connectivity index (χ4v) is 2.60. The average Bonchev–Trinajstić information content (AvgIpc) is 2.58. The highest BCUT2D eigenvalue weighted by Gasteiger charge is 2.07. The van der Waals surface area contributed by atoms with Gasteiger partial charge in [-0.05, 0) is 13.8 Å². The fourth-order valence-electron chi connectivity index (χ4n) is 1.09. The van der Waals surface area contributed by atoms with Gasteiger partial charge in [-0.1, -0.05) is 0 Å². The molecule has 2 nitrogen and oxygen atoms in total. The van der Waals surface area contributed by atoms with E-state index in [1.807, 2.05) is 19.4 Å². The predicted octanol–water partition coefficient (Wildman–Crippen LogP) is 2.88. The summed E-state index contributed by atoms with van der Waals surface area (Å²) in [7, 11) is 0. The summed E-state index contributed by atoms with van der Waals surface area (Å²) < 4.78 is 0. The van der Waals surface area contributed by atoms with E-state index in [1.165, 1.54) is 4.88 Å². The van der Waals surface area contributed by atoms with Crippen molar-refractivity contribution in [2.75, 3.05) is 0 Å². The first-order chi connectivity index (χ1) is 5.77. The zero-order chi connectivity index (χ0) is 8.55. The molecule has 62 valence electrons. The van der Waals surface area contributed by atoms with E-state index >= 15 is 0 Å². The number of rotatable bonds is 1. The molecule has 12 heavy (non-hydrogen) atoms. The highest BCUT2D eigenvalue weighted by Crippen LogP contribution is 2.28. The monoisotopic (exact) mass is 196 g/mol. The molecule has 0 aliphatic heterocycles. The van der Waals surface area contributed by atoms with Gasteiger partial charge in [0.1, 0.15) is 0 Å². The van der Waals surface area contributed by atoms with Crippen molar-refractivity contribution in [3.05, 3.63) is 21.6 Å². The quantitative estimate of drug-likeness (QED) is 0.701. The normalized spacial score (nSPS) is 10.5. The molecule has 0 N–H and O–H groups in total. The number of hydrogen-bond acceptors (Lipinski definition) is 4. The van der Waals surface area contributed by atoms with Gasteiger partial charge >= 0.3 is 0 Å². The van der Waals surface area contributed by atoms with Gasteiger partial charge in [0, 0.05) is 5.38 Å². The minimum atomic E-state index is 1.06. The Morgan fingerprint density at radius 1 is 1.33 bits per heavy atom. The lowest BCUT2D eigenvalue weighted by molar-refractivity contribution is 1.20. The second-order valence-electron chi connectivity index (χ2n) is 2.52. The zero-order valence-corrected chi connectivity index (χ0v) is 8.50. The minimum absolute atomic E-state index is 1.06. The predicted molar refractivity (Wildman–Crippen MR) is 52.7 cm³/mol. The minimum Gasteiger partial charge on any atom is -0.246 e. The molecule has 4 heteroatoms. The molecule has 0 aliphatic rings. The van der Waals surface area contributed by atoms with Crippen LogP contribution in [0.15, 0.2) is 10.9 Å². The van der Waals surface area contributed by atoms with Crippen LogP contribution in [0.3, 0.4) is 0 Å². The van der Waals surface area contributed by atoms with Crippen LogP contribution >= 0.6 is 22.7 Å². The molecule has 2 heterocycles. The largest absolute Gasteiger partial charge is 0.246 e. The van der Waals surface area contributed by atoms with Crippen molar-refractivity contribution in [2.24, 2.45) is 0 Å². The molecule has 0 spiro atoms. The fraction of sp³-hybridized carbons (Fsp3) is 0.250. The summed E-state index contributed by atoms with van der Waals surface area (Å²) in [5.41, 5.74) is 4.00. The van der Waals surface area contributed by atoms with E-state index in [9.17, 15) is 0 Å². The van der Waals surface area contributed by atoms with Crippen LogP contribution in [0.4, 0.5) is 0 Å². The third-order valence-corrected chi connectivity index (χ3v) is 3.25. The number of nitrogens with zero attached hydrogens (tertiary/aromatic N) is 2. The standard InChI is InChI=1S/C8H8N2S2/c1-5-8(12-6(2)10-5)7-3-11-4-9-7/h3-4H,1-2H3. The van der Waals surface area contributed by atoms with Crippen molar-refractivity contribution in [1.82, 2.24) is 9.97 Å². The maximum absolute atomic E-state index is 4.35. The Kier molecular flexibility index (Phi) is 1.94. The smallest absolute Gasteiger partial charge is 0.0929 e. The third kappa shape index (κ3) is 1.28. The van der Waals surface area contributed by atoms with E-state index in [2.05, 4.69) is 15.3 Å². The molecule has 2 aromatic heterocycles. The molecule has 2 rings (SSSR count). The second-order valence-corrected chi connectivity index (χ2v) is 4.44. The van der Waals surface area contributed by atoms with E-state index in [-0.39, 0.29) is 0 Å². The number of aromatic nitrogens is 2. The van der Waals surface area contributed by atoms with Crippen molar-refractivity contribution in [1.29, 1.82) is 0 Å². The van der Waals surface area contributed by atoms with Gasteiger partial charge in [0.05, 0.1) is 26.8 Å². The van der Waals surface area contributed by atoms with Crippen LogP contribution in [-0.2, 0) is 0 Å². The highest BCUT2D eigenvalue weighted by molar-refractivity contribution is 7.15. The third-order valence-electron chi connectivity index (χ3n) is 1.57. The van der Waals surface area contributed by atoms with Crippen LogP contribution in [0.1, 0.15) is 10.7 Å². The zero-order valence-electron chi connectivity index (χ0n) is 6.87. The van der Waals surface area contributed by atoms with E-state index in [0.29, 0.717) is 0 Å². The van der Waals surface area contributed by atoms with E-state index in [0.717, 1.165) is 16.4 Å². The molecule has 0 aliphatic carbocycles. The average molecular weight is 196 g/mol. The summed E-state index contributed by atoms with van der Waals surface area (Å²) in [4.78, 5) is 9.80. The Bertz CT molecular complexity index is 376. The van der Waals surface area contributed by atoms with Gasteiger partial charge in [-0.25, -0.2) is 9.97 Å². The van der Waals surface area contributed by atoms with Gasteiger partial charge < -0.3 is 0 Å². The Hall–Kier alpha value is -0.740. The first kappa shape index (κ1) is 7.89. The molecule has 0 saturated carbocycles. The molecular weight excluding hydrogens is 188 g/mol. The van der Waals surface area contributed by atoms with Crippen LogP contribution in [0.5, 0.6) is 0 Å². The lowest BCUT2D eigenvalue weighted by atomic mass is 10.3. The van der Waals surface area contributed by atoms with Crippen LogP contribution in [0, 0.1) is 13.8 Å². The summed E-state index contributed by atoms with van der Waals surface area (Å²) in [6, 6.07) is 0. The highest BCUT2D eigenvalue weighted by atomic mass is 32.1. The summed E-state index contributed by atoms with van der Waals surface area (Å²) in [5.74, 6) is 0. The Morgan fingerprint density at radius 3 is 2.67 bits per heavy atom. The van der Waals surface area contributed by atoms with Gasteiger partial charge in [0.15, 0.2) is 0 Å². The van der Waals surface area contributed by atoms with Crippen LogP contribution in [0.25, 0.3) is 10.6 Å². The van der Waals surface area contributed by atoms with Gasteiger partial charge in [0.25, 0.3) is 0 Å². The molecule has 0 aromatic carbocycles. The molecule has 0 saturated heterocycles. The summed E-state index contributed by atoms with van der Waals surface area (Å²) >= 11 is 3.33. The summed E-state index contributed by atoms with van der Waals surface area (Å²) in [6.07, 6.45) is 0. The van der Waals surface area contributed by atoms with E-state index in [4.69, 9.17) is 0 Å². The molecule has 2 aromatic rings. The topological polar surface area (TPSA) is 25.8 Å². The number of thiazole rings is 2. The van der Waals surface area contributed by atoms with E-state index < -0.39 is 0 Å². The van der Waals surface area contributed by atoms with Crippen molar-refractivity contribution in [2.45, 2.75) is 13.8 Å². The maximum Gasteiger partial charge on any atom is 0.0929 e. The molecular formula is C8H8N2S2. The Labute approximate surface area is 78.9 Å². The molecule has 0 radical (unpaired) electrons. The van der Waals surface area contributed by atoms with Crippen molar-refractivity contribution in [3.63, 3.8) is 0 Å². The van der Waals surface area contributed by atoms with Crippen LogP contribution < -0.4 is 0 Å². The molecule has 0 atom stereocenters. The van der Waals surface area contributed by atoms with Crippen LogP contribution in [-0.4, -0.2) is 9.97 Å². The Balaban J connectivity index is 2.54. The van der Waals surface area contributed by atoms with E-state index in [1.54, 1.807) is 22.7 Å². The SMILES string of the molecule is Cc1nc(C)c(-c2cscn2)s1. The Morgan fingerprint density at radius 2 is 2.17 bits per heavy atom. The van der Waals surface area contributed by atoms with Gasteiger partial charge in [-0.3, -0.25) is 0 Å². The lowest BCUT2D eigenvalue weighted by Gasteiger charge is -1.88. The van der Waals surface area contributed by atoms with Crippen molar-refractivity contribution in [3.8, 4) is 10.6 Å². The van der Waals surface area contributed by atoms with Gasteiger partial charge in [0.2, 0.25) is 0 Å². The molecule has 0 bridgehead atoms. The van der Waals surface area contributed by atoms with Crippen LogP contribution in [0.2, 0.25) is 0 Å².